The van der Waals surface area contributed by atoms with Crippen molar-refractivity contribution < 1.29 is 19.1 Å². The fourth-order valence-electron chi connectivity index (χ4n) is 5.84. The molecule has 44 heavy (non-hydrogen) atoms. The van der Waals surface area contributed by atoms with Crippen molar-refractivity contribution in [2.24, 2.45) is 0 Å². The van der Waals surface area contributed by atoms with Crippen LogP contribution in [0.4, 0.5) is 0 Å². The first kappa shape index (κ1) is 42.9. The number of rotatable bonds is 36. The Kier molecular flexibility index (Phi) is 35.5. The van der Waals surface area contributed by atoms with Crippen LogP contribution in [0.1, 0.15) is 213 Å². The van der Waals surface area contributed by atoms with Crippen LogP contribution in [0.5, 0.6) is 0 Å². The predicted molar refractivity (Wildman–Crippen MR) is 189 cm³/mol. The van der Waals surface area contributed by atoms with Gasteiger partial charge in [-0.05, 0) is 64.5 Å². The first-order valence-electron chi connectivity index (χ1n) is 19.7. The molecule has 0 aromatic heterocycles. The monoisotopic (exact) mass is 624 g/mol. The van der Waals surface area contributed by atoms with E-state index in [1.165, 1.54) is 135 Å². The lowest BCUT2D eigenvalue weighted by Gasteiger charge is -2.18. The van der Waals surface area contributed by atoms with Crippen LogP contribution in [0.25, 0.3) is 0 Å². The second kappa shape index (κ2) is 36.4. The summed E-state index contributed by atoms with van der Waals surface area (Å²) in [5, 5.41) is 3.45. The molecule has 5 heteroatoms. The van der Waals surface area contributed by atoms with Gasteiger partial charge < -0.3 is 14.8 Å². The average Bonchev–Trinajstić information content (AvgIpc) is 3.02. The third-order valence-electron chi connectivity index (χ3n) is 8.79. The Morgan fingerprint density at radius 3 is 1.41 bits per heavy atom. The summed E-state index contributed by atoms with van der Waals surface area (Å²) < 4.78 is 11.4. The summed E-state index contributed by atoms with van der Waals surface area (Å²) in [6.07, 6.45) is 35.2. The van der Waals surface area contributed by atoms with Gasteiger partial charge in [-0.25, -0.2) is 0 Å². The molecule has 0 saturated heterocycles. The minimum atomic E-state index is -0.0529. The van der Waals surface area contributed by atoms with Gasteiger partial charge >= 0.3 is 11.9 Å². The second-order valence-corrected chi connectivity index (χ2v) is 13.3. The van der Waals surface area contributed by atoms with Gasteiger partial charge in [-0.3, -0.25) is 9.59 Å². The number of carbonyl (C=O) groups is 2. The van der Waals surface area contributed by atoms with Crippen LogP contribution in [0.2, 0.25) is 0 Å². The van der Waals surface area contributed by atoms with Crippen LogP contribution in [0.3, 0.4) is 0 Å². The predicted octanol–water partition coefficient (Wildman–Crippen LogP) is 11.8. The maximum atomic E-state index is 12.6. The molecular weight excluding hydrogens is 546 g/mol. The summed E-state index contributed by atoms with van der Waals surface area (Å²) in [6, 6.07) is 0. The van der Waals surface area contributed by atoms with Crippen LogP contribution < -0.4 is 5.32 Å². The molecule has 5 nitrogen and oxygen atoms in total. The Bertz CT molecular complexity index is 597. The van der Waals surface area contributed by atoms with E-state index < -0.39 is 0 Å². The molecule has 1 atom stereocenters. The van der Waals surface area contributed by atoms with E-state index in [0.717, 1.165) is 58.0 Å². The van der Waals surface area contributed by atoms with Gasteiger partial charge in [-0.1, -0.05) is 149 Å². The van der Waals surface area contributed by atoms with Gasteiger partial charge in [0.25, 0.3) is 0 Å². The summed E-state index contributed by atoms with van der Waals surface area (Å²) in [4.78, 5) is 24.5. The minimum absolute atomic E-state index is 0.0199. The van der Waals surface area contributed by atoms with Gasteiger partial charge in [0.2, 0.25) is 0 Å². The maximum Gasteiger partial charge on any atom is 0.306 e. The largest absolute Gasteiger partial charge is 0.466 e. The number of carbonyl (C=O) groups excluding carboxylic acids is 2. The third kappa shape index (κ3) is 33.8. The molecule has 0 radical (unpaired) electrons. The van der Waals surface area contributed by atoms with Crippen molar-refractivity contribution in [1.29, 1.82) is 0 Å². The van der Waals surface area contributed by atoms with Crippen molar-refractivity contribution in [1.82, 2.24) is 5.32 Å². The molecule has 0 saturated carbocycles. The molecule has 0 aliphatic carbocycles. The van der Waals surface area contributed by atoms with E-state index in [-0.39, 0.29) is 18.0 Å². The number of hydrogen-bond acceptors (Lipinski definition) is 5. The molecule has 0 aliphatic heterocycles. The van der Waals surface area contributed by atoms with Crippen molar-refractivity contribution in [3.63, 3.8) is 0 Å². The molecule has 0 fully saturated rings. The highest BCUT2D eigenvalue weighted by atomic mass is 16.5. The summed E-state index contributed by atoms with van der Waals surface area (Å²) in [5.41, 5.74) is 0. The zero-order valence-corrected chi connectivity index (χ0v) is 30.0. The minimum Gasteiger partial charge on any atom is -0.466 e. The SMILES string of the molecule is CCCCCCCCCOC(=O)CCCNCCCCCCCC(=O)OC(CCCCCCCC)CCCCCCCCC. The maximum absolute atomic E-state index is 12.6. The van der Waals surface area contributed by atoms with Crippen LogP contribution >= 0.6 is 0 Å². The van der Waals surface area contributed by atoms with Crippen molar-refractivity contribution in [2.75, 3.05) is 19.7 Å². The number of ether oxygens (including phenoxy) is 2. The third-order valence-corrected chi connectivity index (χ3v) is 8.79. The van der Waals surface area contributed by atoms with Gasteiger partial charge in [0.15, 0.2) is 0 Å². The van der Waals surface area contributed by atoms with E-state index in [1.807, 2.05) is 0 Å². The smallest absolute Gasteiger partial charge is 0.306 e. The number of unbranched alkanes of at least 4 members (excludes halogenated alkanes) is 21. The fourth-order valence-corrected chi connectivity index (χ4v) is 5.84. The summed E-state index contributed by atoms with van der Waals surface area (Å²) in [7, 11) is 0. The Balaban J connectivity index is 3.76. The molecule has 1 unspecified atom stereocenters. The molecular formula is C39H77NO4. The Morgan fingerprint density at radius 2 is 0.864 bits per heavy atom. The van der Waals surface area contributed by atoms with E-state index in [9.17, 15) is 9.59 Å². The quantitative estimate of drug-likeness (QED) is 0.0555. The molecule has 0 aromatic rings. The van der Waals surface area contributed by atoms with Gasteiger partial charge in [0.1, 0.15) is 6.10 Å². The number of nitrogens with one attached hydrogen (secondary N) is 1. The lowest BCUT2D eigenvalue weighted by atomic mass is 10.0. The topological polar surface area (TPSA) is 64.6 Å². The molecule has 1 N–H and O–H groups in total. The van der Waals surface area contributed by atoms with Gasteiger partial charge in [-0.15, -0.1) is 0 Å². The molecule has 0 bridgehead atoms. The van der Waals surface area contributed by atoms with Gasteiger partial charge in [0, 0.05) is 12.8 Å². The highest BCUT2D eigenvalue weighted by molar-refractivity contribution is 5.69. The zero-order chi connectivity index (χ0) is 32.2. The summed E-state index contributed by atoms with van der Waals surface area (Å²) in [6.45, 7) is 9.21. The molecule has 0 amide bonds. The molecule has 0 spiro atoms. The van der Waals surface area contributed by atoms with Crippen molar-refractivity contribution in [2.45, 2.75) is 219 Å². The first-order chi connectivity index (χ1) is 21.6. The normalized spacial score (nSPS) is 12.0. The summed E-state index contributed by atoms with van der Waals surface area (Å²) >= 11 is 0. The Morgan fingerprint density at radius 1 is 0.455 bits per heavy atom. The van der Waals surface area contributed by atoms with E-state index >= 15 is 0 Å². The Labute approximate surface area is 275 Å². The standard InChI is InChI=1S/C39H77NO4/c1-4-7-10-13-16-20-25-31-37(30-24-19-15-12-9-6-3)44-39(42)32-26-21-18-22-27-34-40-35-29-33-38(41)43-36-28-23-17-14-11-8-5-2/h37,40H,4-36H2,1-3H3. The van der Waals surface area contributed by atoms with Crippen molar-refractivity contribution in [3.8, 4) is 0 Å². The summed E-state index contributed by atoms with van der Waals surface area (Å²) in [5.74, 6) is -0.0330. The van der Waals surface area contributed by atoms with Gasteiger partial charge in [0.05, 0.1) is 6.61 Å². The van der Waals surface area contributed by atoms with Crippen molar-refractivity contribution in [3.05, 3.63) is 0 Å². The van der Waals surface area contributed by atoms with Crippen LogP contribution in [0, 0.1) is 0 Å². The molecule has 262 valence electrons. The highest BCUT2D eigenvalue weighted by Crippen LogP contribution is 2.18. The zero-order valence-electron chi connectivity index (χ0n) is 30.0. The fraction of sp³-hybridized carbons (Fsp3) is 0.949. The van der Waals surface area contributed by atoms with Crippen LogP contribution in [0.15, 0.2) is 0 Å². The molecule has 0 aliphatic rings. The van der Waals surface area contributed by atoms with Crippen LogP contribution in [-0.2, 0) is 19.1 Å². The van der Waals surface area contributed by atoms with Crippen molar-refractivity contribution >= 4 is 11.9 Å². The molecule has 0 heterocycles. The number of hydrogen-bond donors (Lipinski definition) is 1. The molecule has 0 aromatic carbocycles. The highest BCUT2D eigenvalue weighted by Gasteiger charge is 2.14. The average molecular weight is 624 g/mol. The first-order valence-corrected chi connectivity index (χ1v) is 19.7. The second-order valence-electron chi connectivity index (χ2n) is 13.3. The van der Waals surface area contributed by atoms with E-state index in [1.54, 1.807) is 0 Å². The Hall–Kier alpha value is -1.10. The van der Waals surface area contributed by atoms with Gasteiger partial charge in [-0.2, -0.15) is 0 Å². The lowest BCUT2D eigenvalue weighted by Crippen LogP contribution is -2.18. The van der Waals surface area contributed by atoms with E-state index in [0.29, 0.717) is 19.4 Å². The molecule has 0 rings (SSSR count). The van der Waals surface area contributed by atoms with E-state index in [2.05, 4.69) is 26.1 Å². The van der Waals surface area contributed by atoms with E-state index in [4.69, 9.17) is 9.47 Å². The number of esters is 2. The van der Waals surface area contributed by atoms with Crippen LogP contribution in [-0.4, -0.2) is 37.7 Å². The lowest BCUT2D eigenvalue weighted by molar-refractivity contribution is -0.150.